The largest absolute Gasteiger partial charge is 0.489 e. The van der Waals surface area contributed by atoms with Crippen molar-refractivity contribution >= 4 is 17.5 Å². The highest BCUT2D eigenvalue weighted by Gasteiger charge is 2.13. The smallest absolute Gasteiger partial charge is 0.254 e. The zero-order valence-electron chi connectivity index (χ0n) is 13.5. The van der Waals surface area contributed by atoms with E-state index in [1.54, 1.807) is 30.3 Å². The Balaban J connectivity index is 1.95. The molecule has 0 spiro atoms. The van der Waals surface area contributed by atoms with Gasteiger partial charge in [0.15, 0.2) is 0 Å². The Bertz CT molecular complexity index is 732. The highest BCUT2D eigenvalue weighted by atomic mass is 19.1. The standard InChI is InChI=1S/C18H19FN2O3/c1-12(2)24-16-10-6-5-9-15(16)21-17(22)11-20-18(23)13-7-3-4-8-14(13)19/h3-10,12H,11H2,1-2H3,(H,20,23)(H,21,22). The van der Waals surface area contributed by atoms with Crippen molar-refractivity contribution in [2.45, 2.75) is 20.0 Å². The van der Waals surface area contributed by atoms with Gasteiger partial charge in [0.2, 0.25) is 5.91 Å². The molecule has 0 aliphatic heterocycles. The zero-order chi connectivity index (χ0) is 17.5. The molecule has 2 aromatic rings. The van der Waals surface area contributed by atoms with Crippen LogP contribution in [0.4, 0.5) is 10.1 Å². The molecule has 0 unspecified atom stereocenters. The number of carbonyl (C=O) groups excluding carboxylic acids is 2. The molecule has 0 aromatic heterocycles. The van der Waals surface area contributed by atoms with Gasteiger partial charge in [0.05, 0.1) is 23.9 Å². The van der Waals surface area contributed by atoms with Crippen molar-refractivity contribution in [1.29, 1.82) is 0 Å². The number of anilines is 1. The van der Waals surface area contributed by atoms with Crippen molar-refractivity contribution in [2.75, 3.05) is 11.9 Å². The van der Waals surface area contributed by atoms with Crippen LogP contribution in [0.1, 0.15) is 24.2 Å². The lowest BCUT2D eigenvalue weighted by Crippen LogP contribution is -2.33. The summed E-state index contributed by atoms with van der Waals surface area (Å²) in [5, 5.41) is 5.05. The fourth-order valence-electron chi connectivity index (χ4n) is 2.02. The summed E-state index contributed by atoms with van der Waals surface area (Å²) in [4.78, 5) is 23.9. The van der Waals surface area contributed by atoms with E-state index in [1.807, 2.05) is 13.8 Å². The molecule has 0 saturated carbocycles. The second-order valence-electron chi connectivity index (χ2n) is 5.37. The van der Waals surface area contributed by atoms with Crippen molar-refractivity contribution < 1.29 is 18.7 Å². The van der Waals surface area contributed by atoms with Gasteiger partial charge >= 0.3 is 0 Å². The van der Waals surface area contributed by atoms with Crippen LogP contribution in [0.2, 0.25) is 0 Å². The first-order valence-corrected chi connectivity index (χ1v) is 7.55. The first-order chi connectivity index (χ1) is 11.5. The van der Waals surface area contributed by atoms with Crippen molar-refractivity contribution in [3.63, 3.8) is 0 Å². The minimum Gasteiger partial charge on any atom is -0.489 e. The lowest BCUT2D eigenvalue weighted by atomic mass is 10.2. The van der Waals surface area contributed by atoms with Crippen LogP contribution >= 0.6 is 0 Å². The normalized spacial score (nSPS) is 10.3. The molecule has 2 aromatic carbocycles. The number of halogens is 1. The van der Waals surface area contributed by atoms with E-state index in [0.717, 1.165) is 0 Å². The summed E-state index contributed by atoms with van der Waals surface area (Å²) >= 11 is 0. The quantitative estimate of drug-likeness (QED) is 0.856. The molecule has 0 aliphatic rings. The van der Waals surface area contributed by atoms with E-state index in [1.165, 1.54) is 18.2 Å². The number of para-hydroxylation sites is 2. The number of carbonyl (C=O) groups is 2. The number of hydrogen-bond donors (Lipinski definition) is 2. The Labute approximate surface area is 139 Å². The van der Waals surface area contributed by atoms with Gasteiger partial charge < -0.3 is 15.4 Å². The van der Waals surface area contributed by atoms with Crippen LogP contribution in [0.5, 0.6) is 5.75 Å². The highest BCUT2D eigenvalue weighted by Crippen LogP contribution is 2.24. The van der Waals surface area contributed by atoms with E-state index in [2.05, 4.69) is 10.6 Å². The predicted molar refractivity (Wildman–Crippen MR) is 89.6 cm³/mol. The van der Waals surface area contributed by atoms with Gasteiger partial charge in [0.1, 0.15) is 11.6 Å². The Kier molecular flexibility index (Phi) is 5.89. The van der Waals surface area contributed by atoms with Crippen LogP contribution in [-0.4, -0.2) is 24.5 Å². The van der Waals surface area contributed by atoms with E-state index in [-0.39, 0.29) is 18.2 Å². The van der Waals surface area contributed by atoms with Gasteiger partial charge in [-0.15, -0.1) is 0 Å². The van der Waals surface area contributed by atoms with Gasteiger partial charge in [0, 0.05) is 0 Å². The molecule has 126 valence electrons. The third-order valence-corrected chi connectivity index (χ3v) is 3.05. The second kappa shape index (κ2) is 8.10. The molecule has 0 atom stereocenters. The minimum absolute atomic E-state index is 0.0381. The highest BCUT2D eigenvalue weighted by molar-refractivity contribution is 5.99. The third kappa shape index (κ3) is 4.81. The fourth-order valence-corrected chi connectivity index (χ4v) is 2.02. The Morgan fingerprint density at radius 3 is 2.46 bits per heavy atom. The van der Waals surface area contributed by atoms with E-state index in [0.29, 0.717) is 11.4 Å². The van der Waals surface area contributed by atoms with E-state index in [4.69, 9.17) is 4.74 Å². The van der Waals surface area contributed by atoms with Gasteiger partial charge in [0.25, 0.3) is 5.91 Å². The van der Waals surface area contributed by atoms with Gasteiger partial charge in [-0.3, -0.25) is 9.59 Å². The number of amides is 2. The summed E-state index contributed by atoms with van der Waals surface area (Å²) in [6.45, 7) is 3.49. The molecule has 2 amide bonds. The van der Waals surface area contributed by atoms with Crippen LogP contribution in [0.15, 0.2) is 48.5 Å². The average Bonchev–Trinajstić information content (AvgIpc) is 2.54. The Hall–Kier alpha value is -2.89. The van der Waals surface area contributed by atoms with Gasteiger partial charge in [-0.1, -0.05) is 24.3 Å². The fraction of sp³-hybridized carbons (Fsp3) is 0.222. The first kappa shape index (κ1) is 17.5. The van der Waals surface area contributed by atoms with Crippen molar-refractivity contribution in [3.8, 4) is 5.75 Å². The molecule has 6 heteroatoms. The lowest BCUT2D eigenvalue weighted by Gasteiger charge is -2.15. The van der Waals surface area contributed by atoms with Crippen LogP contribution in [-0.2, 0) is 4.79 Å². The summed E-state index contributed by atoms with van der Waals surface area (Å²) in [7, 11) is 0. The Morgan fingerprint density at radius 1 is 1.08 bits per heavy atom. The average molecular weight is 330 g/mol. The summed E-state index contributed by atoms with van der Waals surface area (Å²) in [6.07, 6.45) is -0.0381. The van der Waals surface area contributed by atoms with Gasteiger partial charge in [-0.2, -0.15) is 0 Å². The van der Waals surface area contributed by atoms with Crippen molar-refractivity contribution in [1.82, 2.24) is 5.32 Å². The van der Waals surface area contributed by atoms with Crippen molar-refractivity contribution in [3.05, 3.63) is 59.9 Å². The number of nitrogens with one attached hydrogen (secondary N) is 2. The van der Waals surface area contributed by atoms with Gasteiger partial charge in [-0.05, 0) is 38.1 Å². The number of rotatable bonds is 6. The predicted octanol–water partition coefficient (Wildman–Crippen LogP) is 2.98. The summed E-state index contributed by atoms with van der Waals surface area (Å²) in [5.74, 6) is -1.16. The maximum atomic E-state index is 13.5. The molecule has 0 heterocycles. The molecule has 0 bridgehead atoms. The summed E-state index contributed by atoms with van der Waals surface area (Å²) in [5.41, 5.74) is 0.408. The number of ether oxygens (including phenoxy) is 1. The number of hydrogen-bond acceptors (Lipinski definition) is 3. The molecular weight excluding hydrogens is 311 g/mol. The molecule has 5 nitrogen and oxygen atoms in total. The topological polar surface area (TPSA) is 67.4 Å². The van der Waals surface area contributed by atoms with Crippen LogP contribution in [0.3, 0.4) is 0 Å². The van der Waals surface area contributed by atoms with Crippen LogP contribution < -0.4 is 15.4 Å². The molecule has 0 saturated heterocycles. The van der Waals surface area contributed by atoms with Gasteiger partial charge in [-0.25, -0.2) is 4.39 Å². The molecule has 0 aliphatic carbocycles. The van der Waals surface area contributed by atoms with Crippen LogP contribution in [0, 0.1) is 5.82 Å². The lowest BCUT2D eigenvalue weighted by molar-refractivity contribution is -0.115. The molecule has 24 heavy (non-hydrogen) atoms. The Morgan fingerprint density at radius 2 is 1.75 bits per heavy atom. The molecule has 0 fully saturated rings. The maximum absolute atomic E-state index is 13.5. The van der Waals surface area contributed by atoms with E-state index >= 15 is 0 Å². The monoisotopic (exact) mass is 330 g/mol. The SMILES string of the molecule is CC(C)Oc1ccccc1NC(=O)CNC(=O)c1ccccc1F. The third-order valence-electron chi connectivity index (χ3n) is 3.05. The molecule has 0 radical (unpaired) electrons. The second-order valence-corrected chi connectivity index (χ2v) is 5.37. The summed E-state index contributed by atoms with van der Waals surface area (Å²) in [6, 6.07) is 12.6. The van der Waals surface area contributed by atoms with E-state index < -0.39 is 17.6 Å². The molecule has 2 rings (SSSR count). The molecular formula is C18H19FN2O3. The minimum atomic E-state index is -0.644. The first-order valence-electron chi connectivity index (χ1n) is 7.55. The number of benzene rings is 2. The summed E-state index contributed by atoms with van der Waals surface area (Å²) < 4.78 is 19.1. The molecule has 2 N–H and O–H groups in total. The maximum Gasteiger partial charge on any atom is 0.254 e. The zero-order valence-corrected chi connectivity index (χ0v) is 13.5. The van der Waals surface area contributed by atoms with E-state index in [9.17, 15) is 14.0 Å². The van der Waals surface area contributed by atoms with Crippen molar-refractivity contribution in [2.24, 2.45) is 0 Å². The van der Waals surface area contributed by atoms with Crippen LogP contribution in [0.25, 0.3) is 0 Å².